The van der Waals surface area contributed by atoms with E-state index in [2.05, 4.69) is 26.6 Å². The Labute approximate surface area is 153 Å². The lowest BCUT2D eigenvalue weighted by Crippen LogP contribution is -2.57. The van der Waals surface area contributed by atoms with Crippen LogP contribution in [0.5, 0.6) is 0 Å². The zero-order valence-electron chi connectivity index (χ0n) is 15.2. The van der Waals surface area contributed by atoms with Crippen molar-refractivity contribution >= 4 is 17.4 Å². The predicted molar refractivity (Wildman–Crippen MR) is 100 cm³/mol. The Balaban J connectivity index is 1.59. The number of nitrogens with zero attached hydrogens (tertiary/aromatic N) is 4. The molecule has 0 aliphatic carbocycles. The molecule has 2 N–H and O–H groups in total. The van der Waals surface area contributed by atoms with Gasteiger partial charge in [-0.25, -0.2) is 4.98 Å². The number of rotatable bonds is 3. The van der Waals surface area contributed by atoms with E-state index in [-0.39, 0.29) is 11.8 Å². The van der Waals surface area contributed by atoms with Gasteiger partial charge in [0, 0.05) is 37.7 Å². The standard InChI is InChI=1S/C19H24N6O/c1-4-19(2,3)23-17(26)13-11-24(12-13)18-14-5-8-20-9-6-15(14)22-16-7-10-21-25(16)18/h1,7,10,13,20H,5-6,8-9,11-12H2,2-3H3,(H,23,26). The van der Waals surface area contributed by atoms with Gasteiger partial charge in [0.15, 0.2) is 5.65 Å². The summed E-state index contributed by atoms with van der Waals surface area (Å²) in [5.74, 6) is 3.66. The maximum atomic E-state index is 12.5. The molecule has 0 unspecified atom stereocenters. The van der Waals surface area contributed by atoms with Crippen molar-refractivity contribution in [2.24, 2.45) is 5.92 Å². The maximum absolute atomic E-state index is 12.5. The zero-order valence-corrected chi connectivity index (χ0v) is 15.2. The topological polar surface area (TPSA) is 74.6 Å². The summed E-state index contributed by atoms with van der Waals surface area (Å²) < 4.78 is 1.91. The minimum Gasteiger partial charge on any atom is -0.354 e. The number of carbonyl (C=O) groups excluding carboxylic acids is 1. The van der Waals surface area contributed by atoms with Crippen molar-refractivity contribution in [1.29, 1.82) is 0 Å². The molecule has 7 nitrogen and oxygen atoms in total. The van der Waals surface area contributed by atoms with Crippen LogP contribution in [0, 0.1) is 18.3 Å². The summed E-state index contributed by atoms with van der Waals surface area (Å²) >= 11 is 0. The fraction of sp³-hybridized carbons (Fsp3) is 0.526. The lowest BCUT2D eigenvalue weighted by molar-refractivity contribution is -0.126. The van der Waals surface area contributed by atoms with Crippen molar-refractivity contribution in [3.05, 3.63) is 23.5 Å². The normalized spacial score (nSPS) is 18.0. The summed E-state index contributed by atoms with van der Waals surface area (Å²) in [6.07, 6.45) is 9.09. The summed E-state index contributed by atoms with van der Waals surface area (Å²) in [6.45, 7) is 6.89. The zero-order chi connectivity index (χ0) is 18.3. The van der Waals surface area contributed by atoms with Crippen molar-refractivity contribution in [3.8, 4) is 12.3 Å². The second-order valence-electron chi connectivity index (χ2n) is 7.57. The molecule has 0 atom stereocenters. The molecule has 0 aromatic carbocycles. The number of fused-ring (bicyclic) bond motifs is 2. The highest BCUT2D eigenvalue weighted by atomic mass is 16.2. The van der Waals surface area contributed by atoms with Gasteiger partial charge in [-0.2, -0.15) is 9.61 Å². The Morgan fingerprint density at radius 1 is 1.38 bits per heavy atom. The third kappa shape index (κ3) is 2.90. The van der Waals surface area contributed by atoms with Crippen LogP contribution < -0.4 is 15.5 Å². The van der Waals surface area contributed by atoms with E-state index in [0.29, 0.717) is 13.1 Å². The molecule has 2 aliphatic rings. The molecule has 0 saturated carbocycles. The molecular weight excluding hydrogens is 328 g/mol. The molecule has 2 aromatic heterocycles. The third-order valence-corrected chi connectivity index (χ3v) is 5.13. The molecule has 1 amide bonds. The molecule has 0 spiro atoms. The van der Waals surface area contributed by atoms with Crippen LogP contribution in [0.3, 0.4) is 0 Å². The number of aromatic nitrogens is 3. The molecule has 2 aliphatic heterocycles. The Morgan fingerprint density at radius 2 is 2.15 bits per heavy atom. The van der Waals surface area contributed by atoms with Crippen molar-refractivity contribution in [2.75, 3.05) is 31.1 Å². The largest absolute Gasteiger partial charge is 0.354 e. The quantitative estimate of drug-likeness (QED) is 0.782. The Hall–Kier alpha value is -2.59. The minimum atomic E-state index is -0.619. The molecule has 7 heteroatoms. The van der Waals surface area contributed by atoms with E-state index < -0.39 is 5.54 Å². The summed E-state index contributed by atoms with van der Waals surface area (Å²) in [4.78, 5) is 19.5. The predicted octanol–water partition coefficient (Wildman–Crippen LogP) is 0.382. The van der Waals surface area contributed by atoms with Gasteiger partial charge in [0.05, 0.1) is 23.3 Å². The van der Waals surface area contributed by atoms with Crippen LogP contribution in [-0.2, 0) is 17.6 Å². The van der Waals surface area contributed by atoms with Gasteiger partial charge in [-0.3, -0.25) is 4.79 Å². The Kier molecular flexibility index (Phi) is 4.08. The SMILES string of the molecule is C#CC(C)(C)NC(=O)C1CN(c2c3c(nc4ccnn24)CCNCC3)C1. The molecule has 1 saturated heterocycles. The first kappa shape index (κ1) is 16.9. The van der Waals surface area contributed by atoms with E-state index in [1.807, 2.05) is 24.4 Å². The average molecular weight is 352 g/mol. The van der Waals surface area contributed by atoms with Crippen LogP contribution in [-0.4, -0.2) is 52.2 Å². The van der Waals surface area contributed by atoms with Gasteiger partial charge in [0.2, 0.25) is 5.91 Å². The molecular formula is C19H24N6O. The average Bonchev–Trinajstić information content (AvgIpc) is 2.89. The van der Waals surface area contributed by atoms with E-state index in [1.165, 1.54) is 5.56 Å². The number of anilines is 1. The highest BCUT2D eigenvalue weighted by Gasteiger charge is 2.37. The van der Waals surface area contributed by atoms with Gasteiger partial charge in [-0.15, -0.1) is 6.42 Å². The molecule has 1 fully saturated rings. The van der Waals surface area contributed by atoms with Crippen LogP contribution in [0.25, 0.3) is 5.65 Å². The van der Waals surface area contributed by atoms with Crippen LogP contribution in [0.15, 0.2) is 12.3 Å². The summed E-state index contributed by atoms with van der Waals surface area (Å²) in [5.41, 5.74) is 2.63. The van der Waals surface area contributed by atoms with E-state index >= 15 is 0 Å². The molecule has 26 heavy (non-hydrogen) atoms. The van der Waals surface area contributed by atoms with Gasteiger partial charge in [-0.05, 0) is 26.8 Å². The van der Waals surface area contributed by atoms with Crippen LogP contribution in [0.4, 0.5) is 5.82 Å². The van der Waals surface area contributed by atoms with Crippen molar-refractivity contribution in [1.82, 2.24) is 25.2 Å². The van der Waals surface area contributed by atoms with Gasteiger partial charge < -0.3 is 15.5 Å². The van der Waals surface area contributed by atoms with E-state index in [9.17, 15) is 4.79 Å². The number of hydrogen-bond donors (Lipinski definition) is 2. The summed E-state index contributed by atoms with van der Waals surface area (Å²) in [6, 6.07) is 1.93. The molecule has 4 rings (SSSR count). The van der Waals surface area contributed by atoms with Gasteiger partial charge in [-0.1, -0.05) is 5.92 Å². The second kappa shape index (κ2) is 6.29. The van der Waals surface area contributed by atoms with Gasteiger partial charge in [0.25, 0.3) is 0 Å². The Bertz CT molecular complexity index is 887. The lowest BCUT2D eigenvalue weighted by atomic mass is 9.95. The molecule has 4 heterocycles. The Morgan fingerprint density at radius 3 is 2.92 bits per heavy atom. The molecule has 0 radical (unpaired) electrons. The first-order valence-corrected chi connectivity index (χ1v) is 9.09. The van der Waals surface area contributed by atoms with Crippen molar-refractivity contribution in [2.45, 2.75) is 32.2 Å². The van der Waals surface area contributed by atoms with Crippen LogP contribution in [0.2, 0.25) is 0 Å². The van der Waals surface area contributed by atoms with Crippen molar-refractivity contribution in [3.63, 3.8) is 0 Å². The van der Waals surface area contributed by atoms with Gasteiger partial charge >= 0.3 is 0 Å². The molecule has 136 valence electrons. The fourth-order valence-corrected chi connectivity index (χ4v) is 3.60. The lowest BCUT2D eigenvalue weighted by Gasteiger charge is -2.41. The number of terminal acetylenes is 1. The monoisotopic (exact) mass is 352 g/mol. The van der Waals surface area contributed by atoms with E-state index in [4.69, 9.17) is 11.4 Å². The van der Waals surface area contributed by atoms with Crippen LogP contribution in [0.1, 0.15) is 25.1 Å². The molecule has 0 bridgehead atoms. The summed E-state index contributed by atoms with van der Waals surface area (Å²) in [7, 11) is 0. The molecule has 2 aromatic rings. The smallest absolute Gasteiger partial charge is 0.227 e. The van der Waals surface area contributed by atoms with Gasteiger partial charge in [0.1, 0.15) is 5.82 Å². The fourth-order valence-electron chi connectivity index (χ4n) is 3.60. The first-order chi connectivity index (χ1) is 12.5. The number of hydrogen-bond acceptors (Lipinski definition) is 5. The number of carbonyl (C=O) groups is 1. The second-order valence-corrected chi connectivity index (χ2v) is 7.57. The van der Waals surface area contributed by atoms with E-state index in [1.54, 1.807) is 6.20 Å². The highest BCUT2D eigenvalue weighted by molar-refractivity contribution is 5.83. The first-order valence-electron chi connectivity index (χ1n) is 9.09. The highest BCUT2D eigenvalue weighted by Crippen LogP contribution is 2.31. The van der Waals surface area contributed by atoms with Crippen LogP contribution >= 0.6 is 0 Å². The van der Waals surface area contributed by atoms with Crippen molar-refractivity contribution < 1.29 is 4.79 Å². The number of nitrogens with one attached hydrogen (secondary N) is 2. The number of amides is 1. The third-order valence-electron chi connectivity index (χ3n) is 5.13. The van der Waals surface area contributed by atoms with E-state index in [0.717, 1.165) is 43.1 Å². The minimum absolute atomic E-state index is 0.0164. The summed E-state index contributed by atoms with van der Waals surface area (Å²) in [5, 5.41) is 10.8. The maximum Gasteiger partial charge on any atom is 0.227 e.